The molecule has 1 aliphatic rings. The van der Waals surface area contributed by atoms with Crippen LogP contribution in [0.2, 0.25) is 0 Å². The molecule has 7 heteroatoms. The Labute approximate surface area is 133 Å². The van der Waals surface area contributed by atoms with E-state index in [0.29, 0.717) is 19.6 Å². The normalized spacial score (nSPS) is 19.0. The molecule has 128 valence electrons. The molecule has 23 heavy (non-hydrogen) atoms. The highest BCUT2D eigenvalue weighted by Gasteiger charge is 2.31. The van der Waals surface area contributed by atoms with E-state index in [1.807, 2.05) is 6.92 Å². The molecular weight excluding hydrogens is 309 g/mol. The van der Waals surface area contributed by atoms with Gasteiger partial charge in [0.15, 0.2) is 17.5 Å². The van der Waals surface area contributed by atoms with Crippen molar-refractivity contribution in [1.82, 2.24) is 4.90 Å². The Kier molecular flexibility index (Phi) is 4.77. The summed E-state index contributed by atoms with van der Waals surface area (Å²) in [6.45, 7) is 8.31. The van der Waals surface area contributed by atoms with Gasteiger partial charge in [0.1, 0.15) is 5.60 Å². The molecule has 0 aliphatic carbocycles. The Bertz CT molecular complexity index is 578. The van der Waals surface area contributed by atoms with E-state index in [0.717, 1.165) is 12.1 Å². The number of anilines is 1. The summed E-state index contributed by atoms with van der Waals surface area (Å²) in [4.78, 5) is 15.4. The molecule has 1 heterocycles. The van der Waals surface area contributed by atoms with Crippen molar-refractivity contribution >= 4 is 11.8 Å². The molecule has 0 spiro atoms. The fourth-order valence-corrected chi connectivity index (χ4v) is 2.51. The summed E-state index contributed by atoms with van der Waals surface area (Å²) in [5.41, 5.74) is -0.325. The largest absolute Gasteiger partial charge is 0.444 e. The molecule has 1 aromatic rings. The smallest absolute Gasteiger partial charge is 0.410 e. The molecule has 0 N–H and O–H groups in total. The van der Waals surface area contributed by atoms with E-state index >= 15 is 0 Å². The van der Waals surface area contributed by atoms with Crippen molar-refractivity contribution < 1.29 is 22.7 Å². The minimum Gasteiger partial charge on any atom is -0.444 e. The molecule has 1 atom stereocenters. The third-order valence-corrected chi connectivity index (χ3v) is 3.59. The van der Waals surface area contributed by atoms with Gasteiger partial charge < -0.3 is 14.5 Å². The van der Waals surface area contributed by atoms with Crippen LogP contribution in [0.25, 0.3) is 0 Å². The summed E-state index contributed by atoms with van der Waals surface area (Å²) in [5, 5.41) is 0. The van der Waals surface area contributed by atoms with Crippen molar-refractivity contribution in [3.05, 3.63) is 29.6 Å². The molecule has 1 aromatic carbocycles. The lowest BCUT2D eigenvalue weighted by molar-refractivity contribution is 0.0159. The van der Waals surface area contributed by atoms with Crippen LogP contribution in [0.4, 0.5) is 23.7 Å². The quantitative estimate of drug-likeness (QED) is 0.738. The predicted octanol–water partition coefficient (Wildman–Crippen LogP) is 3.55. The van der Waals surface area contributed by atoms with Crippen LogP contribution in [0.15, 0.2) is 12.1 Å². The number of rotatable bonds is 1. The van der Waals surface area contributed by atoms with Crippen molar-refractivity contribution in [2.75, 3.05) is 24.5 Å². The van der Waals surface area contributed by atoms with Gasteiger partial charge in [0.2, 0.25) is 0 Å². The Balaban J connectivity index is 2.08. The van der Waals surface area contributed by atoms with Crippen molar-refractivity contribution in [2.24, 2.45) is 0 Å². The maximum Gasteiger partial charge on any atom is 0.410 e. The zero-order valence-electron chi connectivity index (χ0n) is 13.7. The first kappa shape index (κ1) is 17.4. The number of halogens is 3. The van der Waals surface area contributed by atoms with Crippen molar-refractivity contribution in [3.63, 3.8) is 0 Å². The second-order valence-corrected chi connectivity index (χ2v) is 6.69. The van der Waals surface area contributed by atoms with Gasteiger partial charge in [-0.2, -0.15) is 0 Å². The number of piperazine rings is 1. The van der Waals surface area contributed by atoms with Gasteiger partial charge in [0, 0.05) is 43.5 Å². The van der Waals surface area contributed by atoms with Crippen LogP contribution in [0.1, 0.15) is 27.7 Å². The number of nitrogens with zero attached hydrogens (tertiary/aromatic N) is 2. The second kappa shape index (κ2) is 6.29. The summed E-state index contributed by atoms with van der Waals surface area (Å²) in [6, 6.07) is 1.73. The number of carbonyl (C=O) groups is 1. The van der Waals surface area contributed by atoms with E-state index in [9.17, 15) is 18.0 Å². The Hall–Kier alpha value is -1.92. The Morgan fingerprint density at radius 1 is 1.17 bits per heavy atom. The first-order valence-corrected chi connectivity index (χ1v) is 7.47. The predicted molar refractivity (Wildman–Crippen MR) is 80.9 cm³/mol. The van der Waals surface area contributed by atoms with Gasteiger partial charge in [-0.25, -0.2) is 18.0 Å². The molecule has 0 saturated carbocycles. The van der Waals surface area contributed by atoms with Crippen LogP contribution in [0, 0.1) is 17.5 Å². The average Bonchev–Trinajstić information content (AvgIpc) is 2.42. The molecule has 0 unspecified atom stereocenters. The SMILES string of the molecule is C[C@H]1CN(c2cc(F)c(F)c(F)c2)CCN1C(=O)OC(C)(C)C. The van der Waals surface area contributed by atoms with E-state index < -0.39 is 29.1 Å². The fourth-order valence-electron chi connectivity index (χ4n) is 2.51. The van der Waals surface area contributed by atoms with E-state index in [2.05, 4.69) is 0 Å². The molecule has 1 fully saturated rings. The average molecular weight is 330 g/mol. The zero-order valence-corrected chi connectivity index (χ0v) is 13.7. The second-order valence-electron chi connectivity index (χ2n) is 6.69. The standard InChI is InChI=1S/C16H21F3N2O2/c1-10-9-20(11-7-12(17)14(19)13(18)8-11)5-6-21(10)15(22)23-16(2,3)4/h7-8,10H,5-6,9H2,1-4H3/t10-/m0/s1. The molecular formula is C16H21F3N2O2. The topological polar surface area (TPSA) is 32.8 Å². The first-order chi connectivity index (χ1) is 10.6. The van der Waals surface area contributed by atoms with Crippen LogP contribution >= 0.6 is 0 Å². The minimum absolute atomic E-state index is 0.199. The van der Waals surface area contributed by atoms with Gasteiger partial charge in [-0.15, -0.1) is 0 Å². The van der Waals surface area contributed by atoms with Gasteiger partial charge in [-0.3, -0.25) is 0 Å². The zero-order chi connectivity index (χ0) is 17.4. The van der Waals surface area contributed by atoms with Crippen LogP contribution in [-0.2, 0) is 4.74 Å². The third-order valence-electron chi connectivity index (χ3n) is 3.59. The fraction of sp³-hybridized carbons (Fsp3) is 0.562. The Morgan fingerprint density at radius 3 is 2.22 bits per heavy atom. The maximum absolute atomic E-state index is 13.4. The highest BCUT2D eigenvalue weighted by atomic mass is 19.2. The lowest BCUT2D eigenvalue weighted by Crippen LogP contribution is -2.55. The van der Waals surface area contributed by atoms with Gasteiger partial charge in [0.05, 0.1) is 0 Å². The van der Waals surface area contributed by atoms with E-state index in [1.165, 1.54) is 0 Å². The number of amides is 1. The molecule has 0 aromatic heterocycles. The van der Waals surface area contributed by atoms with Gasteiger partial charge in [0.25, 0.3) is 0 Å². The Morgan fingerprint density at radius 2 is 1.74 bits per heavy atom. The van der Waals surface area contributed by atoms with E-state index in [1.54, 1.807) is 30.6 Å². The van der Waals surface area contributed by atoms with E-state index in [-0.39, 0.29) is 11.7 Å². The molecule has 2 rings (SSSR count). The number of hydrogen-bond donors (Lipinski definition) is 0. The lowest BCUT2D eigenvalue weighted by atomic mass is 10.1. The summed E-state index contributed by atoms with van der Waals surface area (Å²) in [5.74, 6) is -3.92. The lowest BCUT2D eigenvalue weighted by Gasteiger charge is -2.41. The van der Waals surface area contributed by atoms with Crippen LogP contribution < -0.4 is 4.90 Å². The molecule has 1 saturated heterocycles. The highest BCUT2D eigenvalue weighted by molar-refractivity contribution is 5.69. The summed E-state index contributed by atoms with van der Waals surface area (Å²) < 4.78 is 45.1. The molecule has 0 radical (unpaired) electrons. The molecule has 0 bridgehead atoms. The van der Waals surface area contributed by atoms with Crippen molar-refractivity contribution in [2.45, 2.75) is 39.3 Å². The monoisotopic (exact) mass is 330 g/mol. The van der Waals surface area contributed by atoms with Gasteiger partial charge in [-0.1, -0.05) is 0 Å². The van der Waals surface area contributed by atoms with Crippen LogP contribution in [-0.4, -0.2) is 42.3 Å². The van der Waals surface area contributed by atoms with Crippen LogP contribution in [0.3, 0.4) is 0 Å². The number of carbonyl (C=O) groups excluding carboxylic acids is 1. The number of benzene rings is 1. The molecule has 1 aliphatic heterocycles. The van der Waals surface area contributed by atoms with Gasteiger partial charge in [-0.05, 0) is 27.7 Å². The highest BCUT2D eigenvalue weighted by Crippen LogP contribution is 2.24. The van der Waals surface area contributed by atoms with Crippen molar-refractivity contribution in [3.8, 4) is 0 Å². The van der Waals surface area contributed by atoms with Crippen molar-refractivity contribution in [1.29, 1.82) is 0 Å². The summed E-state index contributed by atoms with van der Waals surface area (Å²) in [7, 11) is 0. The minimum atomic E-state index is -1.48. The van der Waals surface area contributed by atoms with Crippen LogP contribution in [0.5, 0.6) is 0 Å². The maximum atomic E-state index is 13.4. The summed E-state index contributed by atoms with van der Waals surface area (Å²) in [6.07, 6.45) is -0.416. The summed E-state index contributed by atoms with van der Waals surface area (Å²) >= 11 is 0. The number of ether oxygens (including phenoxy) is 1. The van der Waals surface area contributed by atoms with E-state index in [4.69, 9.17) is 4.74 Å². The number of hydrogen-bond acceptors (Lipinski definition) is 3. The molecule has 1 amide bonds. The molecule has 4 nitrogen and oxygen atoms in total. The van der Waals surface area contributed by atoms with Gasteiger partial charge >= 0.3 is 6.09 Å². The first-order valence-electron chi connectivity index (χ1n) is 7.47. The third kappa shape index (κ3) is 4.09.